The van der Waals surface area contributed by atoms with Crippen molar-refractivity contribution in [3.05, 3.63) is 67.2 Å². The van der Waals surface area contributed by atoms with Crippen molar-refractivity contribution in [1.82, 2.24) is 9.55 Å². The molecule has 2 aromatic rings. The van der Waals surface area contributed by atoms with Crippen molar-refractivity contribution in [2.45, 2.75) is 32.7 Å². The summed E-state index contributed by atoms with van der Waals surface area (Å²) in [4.78, 5) is 26.8. The molecule has 0 amide bonds. The Balaban J connectivity index is 2.39. The van der Waals surface area contributed by atoms with Gasteiger partial charge in [-0.3, -0.25) is 14.3 Å². The summed E-state index contributed by atoms with van der Waals surface area (Å²) in [5, 5.41) is 0.0951. The van der Waals surface area contributed by atoms with Crippen molar-refractivity contribution >= 4 is 11.6 Å². The predicted octanol–water partition coefficient (Wildman–Crippen LogP) is 2.70. The van der Waals surface area contributed by atoms with Crippen LogP contribution in [0.15, 0.2) is 33.9 Å². The van der Waals surface area contributed by atoms with E-state index in [4.69, 9.17) is 11.6 Å². The van der Waals surface area contributed by atoms with Crippen molar-refractivity contribution in [2.75, 3.05) is 0 Å². The molecule has 1 aromatic heterocycles. The summed E-state index contributed by atoms with van der Waals surface area (Å²) < 4.78 is 14.1. The smallest absolute Gasteiger partial charge is 0.297 e. The zero-order valence-corrected chi connectivity index (χ0v) is 12.6. The third-order valence-electron chi connectivity index (χ3n) is 3.42. The van der Waals surface area contributed by atoms with E-state index in [2.05, 4.69) is 4.98 Å². The molecule has 0 aliphatic heterocycles. The maximum Gasteiger partial charge on any atom is 0.329 e. The van der Waals surface area contributed by atoms with Gasteiger partial charge in [0.1, 0.15) is 11.0 Å². The Labute approximate surface area is 126 Å². The van der Waals surface area contributed by atoms with Crippen molar-refractivity contribution in [2.24, 2.45) is 0 Å². The van der Waals surface area contributed by atoms with Crippen LogP contribution in [-0.4, -0.2) is 9.55 Å². The molecule has 1 heterocycles. The largest absolute Gasteiger partial charge is 0.329 e. The summed E-state index contributed by atoms with van der Waals surface area (Å²) in [6.45, 7) is 3.57. The summed E-state index contributed by atoms with van der Waals surface area (Å²) >= 11 is 5.88. The lowest BCUT2D eigenvalue weighted by molar-refractivity contribution is 0.496. The molecular weight excluding hydrogens is 295 g/mol. The number of aromatic nitrogens is 2. The van der Waals surface area contributed by atoms with Gasteiger partial charge >= 0.3 is 5.69 Å². The van der Waals surface area contributed by atoms with E-state index in [0.717, 1.165) is 10.1 Å². The van der Waals surface area contributed by atoms with E-state index in [1.54, 1.807) is 26.0 Å². The van der Waals surface area contributed by atoms with Crippen molar-refractivity contribution in [3.63, 3.8) is 0 Å². The molecule has 0 aliphatic carbocycles. The first-order chi connectivity index (χ1) is 9.93. The number of aromatic amines is 1. The number of rotatable bonds is 4. The lowest BCUT2D eigenvalue weighted by atomic mass is 10.1. The number of halogens is 2. The summed E-state index contributed by atoms with van der Waals surface area (Å²) in [5.74, 6) is -0.318. The predicted molar refractivity (Wildman–Crippen MR) is 80.5 cm³/mol. The molecule has 6 heteroatoms. The number of hydrogen-bond donors (Lipinski definition) is 1. The molecule has 2 rings (SSSR count). The minimum Gasteiger partial charge on any atom is -0.297 e. The molecular formula is C15H16ClFN2O2. The summed E-state index contributed by atoms with van der Waals surface area (Å²) in [5.41, 5.74) is 0.336. The summed E-state index contributed by atoms with van der Waals surface area (Å²) in [6.07, 6.45) is 0.895. The van der Waals surface area contributed by atoms with Gasteiger partial charge in [-0.05, 0) is 37.5 Å². The third kappa shape index (κ3) is 3.24. The first kappa shape index (κ1) is 15.5. The van der Waals surface area contributed by atoms with Gasteiger partial charge < -0.3 is 0 Å². The Morgan fingerprint density at radius 3 is 2.48 bits per heavy atom. The molecule has 1 atom stereocenters. The van der Waals surface area contributed by atoms with E-state index in [-0.39, 0.29) is 22.6 Å². The summed E-state index contributed by atoms with van der Waals surface area (Å²) in [6, 6.07) is 5.64. The van der Waals surface area contributed by atoms with Crippen LogP contribution in [0, 0.1) is 5.82 Å². The quantitative estimate of drug-likeness (QED) is 0.883. The number of hydrogen-bond acceptors (Lipinski definition) is 2. The lowest BCUT2D eigenvalue weighted by Crippen LogP contribution is -2.39. The van der Waals surface area contributed by atoms with Gasteiger partial charge in [0.2, 0.25) is 0 Å². The Hall–Kier alpha value is -1.88. The molecule has 0 radical (unpaired) electrons. The zero-order chi connectivity index (χ0) is 15.6. The fourth-order valence-corrected chi connectivity index (χ4v) is 2.62. The van der Waals surface area contributed by atoms with Crippen LogP contribution in [0.25, 0.3) is 0 Å². The maximum absolute atomic E-state index is 12.9. The van der Waals surface area contributed by atoms with Gasteiger partial charge in [-0.1, -0.05) is 30.7 Å². The van der Waals surface area contributed by atoms with E-state index < -0.39 is 5.69 Å². The fraction of sp³-hybridized carbons (Fsp3) is 0.333. The van der Waals surface area contributed by atoms with Gasteiger partial charge in [0.25, 0.3) is 5.56 Å². The van der Waals surface area contributed by atoms with Gasteiger partial charge in [0.05, 0.1) is 5.56 Å². The number of nitrogens with zero attached hydrogens (tertiary/aromatic N) is 1. The molecule has 4 nitrogen and oxygen atoms in total. The molecule has 1 aromatic carbocycles. The zero-order valence-electron chi connectivity index (χ0n) is 11.8. The van der Waals surface area contributed by atoms with E-state index in [0.29, 0.717) is 18.4 Å². The van der Waals surface area contributed by atoms with Crippen LogP contribution in [0.5, 0.6) is 0 Å². The van der Waals surface area contributed by atoms with Crippen molar-refractivity contribution in [1.29, 1.82) is 0 Å². The molecule has 0 spiro atoms. The Morgan fingerprint density at radius 2 is 1.90 bits per heavy atom. The highest BCUT2D eigenvalue weighted by atomic mass is 35.5. The fourth-order valence-electron chi connectivity index (χ4n) is 2.32. The Kier molecular flexibility index (Phi) is 4.63. The van der Waals surface area contributed by atoms with Crippen LogP contribution < -0.4 is 11.2 Å². The van der Waals surface area contributed by atoms with Crippen LogP contribution >= 0.6 is 11.6 Å². The highest BCUT2D eigenvalue weighted by Gasteiger charge is 2.16. The molecule has 0 bridgehead atoms. The second kappa shape index (κ2) is 6.26. The second-order valence-electron chi connectivity index (χ2n) is 4.93. The van der Waals surface area contributed by atoms with Crippen LogP contribution in [-0.2, 0) is 12.8 Å². The highest BCUT2D eigenvalue weighted by Crippen LogP contribution is 2.13. The van der Waals surface area contributed by atoms with Crippen LogP contribution in [0.4, 0.5) is 4.39 Å². The molecule has 0 saturated carbocycles. The van der Waals surface area contributed by atoms with Crippen LogP contribution in [0.2, 0.25) is 5.15 Å². The Bertz CT molecular complexity index is 750. The number of benzene rings is 1. The van der Waals surface area contributed by atoms with E-state index in [9.17, 15) is 14.0 Å². The van der Waals surface area contributed by atoms with Gasteiger partial charge in [-0.25, -0.2) is 9.18 Å². The summed E-state index contributed by atoms with van der Waals surface area (Å²) in [7, 11) is 0. The minimum absolute atomic E-state index is 0.0951. The third-order valence-corrected chi connectivity index (χ3v) is 3.74. The van der Waals surface area contributed by atoms with Gasteiger partial charge in [0, 0.05) is 6.04 Å². The average molecular weight is 311 g/mol. The van der Waals surface area contributed by atoms with Crippen molar-refractivity contribution < 1.29 is 4.39 Å². The molecule has 1 N–H and O–H groups in total. The first-order valence-electron chi connectivity index (χ1n) is 6.71. The molecule has 0 fully saturated rings. The molecule has 0 aliphatic rings. The van der Waals surface area contributed by atoms with E-state index in [1.807, 2.05) is 0 Å². The molecule has 0 saturated heterocycles. The average Bonchev–Trinajstić information content (AvgIpc) is 2.41. The second-order valence-corrected chi connectivity index (χ2v) is 5.31. The van der Waals surface area contributed by atoms with Crippen LogP contribution in [0.1, 0.15) is 31.0 Å². The SMILES string of the molecule is CCc1c(Cl)[nH]c(=O)n(C(C)Cc2ccc(F)cc2)c1=O. The lowest BCUT2D eigenvalue weighted by Gasteiger charge is -2.15. The van der Waals surface area contributed by atoms with Gasteiger partial charge in [-0.2, -0.15) is 0 Å². The number of nitrogens with one attached hydrogen (secondary N) is 1. The minimum atomic E-state index is -0.531. The van der Waals surface area contributed by atoms with Gasteiger partial charge in [0.15, 0.2) is 0 Å². The number of H-pyrrole nitrogens is 1. The van der Waals surface area contributed by atoms with Crippen LogP contribution in [0.3, 0.4) is 0 Å². The first-order valence-corrected chi connectivity index (χ1v) is 7.09. The molecule has 112 valence electrons. The molecule has 1 unspecified atom stereocenters. The van der Waals surface area contributed by atoms with E-state index in [1.165, 1.54) is 12.1 Å². The van der Waals surface area contributed by atoms with Crippen molar-refractivity contribution in [3.8, 4) is 0 Å². The van der Waals surface area contributed by atoms with Gasteiger partial charge in [-0.15, -0.1) is 0 Å². The highest BCUT2D eigenvalue weighted by molar-refractivity contribution is 6.30. The maximum atomic E-state index is 12.9. The standard InChI is InChI=1S/C15H16ClFN2O2/c1-3-12-13(16)18-15(21)19(14(12)20)9(2)8-10-4-6-11(17)7-5-10/h4-7,9H,3,8H2,1-2H3,(H,18,21). The topological polar surface area (TPSA) is 54.9 Å². The molecule has 21 heavy (non-hydrogen) atoms. The Morgan fingerprint density at radius 1 is 1.29 bits per heavy atom. The van der Waals surface area contributed by atoms with E-state index >= 15 is 0 Å². The monoisotopic (exact) mass is 310 g/mol. The normalized spacial score (nSPS) is 12.4.